The van der Waals surface area contributed by atoms with Gasteiger partial charge >= 0.3 is 5.69 Å². The Kier molecular flexibility index (Phi) is 4.06. The molecule has 0 fully saturated rings. The fraction of sp³-hybridized carbons (Fsp3) is 0.0833. The minimum Gasteiger partial charge on any atom is -0.439 e. The van der Waals surface area contributed by atoms with Crippen molar-refractivity contribution < 1.29 is 14.1 Å². The number of hydrogen-bond acceptors (Lipinski definition) is 4. The van der Waals surface area contributed by atoms with Crippen molar-refractivity contribution in [2.45, 2.75) is 5.33 Å². The molecule has 1 aromatic carbocycles. The number of nitrogens with zero attached hydrogens (tertiary/aromatic N) is 2. The van der Waals surface area contributed by atoms with E-state index in [1.54, 1.807) is 18.3 Å². The quantitative estimate of drug-likeness (QED) is 0.486. The molecule has 2 rings (SSSR count). The second-order valence-electron chi connectivity index (χ2n) is 3.57. The van der Waals surface area contributed by atoms with Gasteiger partial charge in [-0.05, 0) is 12.1 Å². The maximum absolute atomic E-state index is 13.4. The standard InChI is InChI=1S/C12H8BrFN2O3/c13-7-8-2-1-5-15-12(8)19-9-3-4-11(16(17)18)10(14)6-9/h1-6H,7H2. The Morgan fingerprint density at radius 2 is 2.21 bits per heavy atom. The van der Waals surface area contributed by atoms with Gasteiger partial charge in [0.25, 0.3) is 0 Å². The normalized spacial score (nSPS) is 10.2. The summed E-state index contributed by atoms with van der Waals surface area (Å²) in [6.45, 7) is 0. The van der Waals surface area contributed by atoms with Crippen LogP contribution in [0, 0.1) is 15.9 Å². The molecule has 0 spiro atoms. The highest BCUT2D eigenvalue weighted by Crippen LogP contribution is 2.28. The molecule has 19 heavy (non-hydrogen) atoms. The third kappa shape index (κ3) is 3.05. The monoisotopic (exact) mass is 326 g/mol. The van der Waals surface area contributed by atoms with Crippen molar-refractivity contribution in [1.82, 2.24) is 4.98 Å². The summed E-state index contributed by atoms with van der Waals surface area (Å²) >= 11 is 3.28. The van der Waals surface area contributed by atoms with Crippen molar-refractivity contribution in [3.05, 3.63) is 58.0 Å². The predicted octanol–water partition coefficient (Wildman–Crippen LogP) is 3.82. The zero-order valence-electron chi connectivity index (χ0n) is 9.55. The highest BCUT2D eigenvalue weighted by atomic mass is 79.9. The minimum atomic E-state index is -0.946. The van der Waals surface area contributed by atoms with Gasteiger partial charge in [0.2, 0.25) is 11.7 Å². The summed E-state index contributed by atoms with van der Waals surface area (Å²) in [6.07, 6.45) is 1.54. The van der Waals surface area contributed by atoms with Gasteiger partial charge < -0.3 is 4.74 Å². The Morgan fingerprint density at radius 1 is 1.42 bits per heavy atom. The summed E-state index contributed by atoms with van der Waals surface area (Å²) in [5, 5.41) is 11.0. The molecular formula is C12H8BrFN2O3. The summed E-state index contributed by atoms with van der Waals surface area (Å²) in [6, 6.07) is 6.90. The van der Waals surface area contributed by atoms with E-state index in [0.29, 0.717) is 11.2 Å². The number of rotatable bonds is 4. The first kappa shape index (κ1) is 13.4. The van der Waals surface area contributed by atoms with Crippen molar-refractivity contribution in [3.63, 3.8) is 0 Å². The molecular weight excluding hydrogens is 319 g/mol. The average molecular weight is 327 g/mol. The molecule has 0 radical (unpaired) electrons. The maximum atomic E-state index is 13.4. The molecule has 0 saturated carbocycles. The molecule has 0 N–H and O–H groups in total. The molecule has 0 bridgehead atoms. The molecule has 2 aromatic rings. The predicted molar refractivity (Wildman–Crippen MR) is 70.0 cm³/mol. The zero-order chi connectivity index (χ0) is 13.8. The Bertz CT molecular complexity index is 622. The number of aromatic nitrogens is 1. The Labute approximate surface area is 116 Å². The molecule has 0 aliphatic heterocycles. The van der Waals surface area contributed by atoms with E-state index in [4.69, 9.17) is 4.74 Å². The first-order chi connectivity index (χ1) is 9.11. The van der Waals surface area contributed by atoms with Crippen LogP contribution >= 0.6 is 15.9 Å². The summed E-state index contributed by atoms with van der Waals surface area (Å²) in [4.78, 5) is 13.7. The number of hydrogen-bond donors (Lipinski definition) is 0. The second-order valence-corrected chi connectivity index (χ2v) is 4.13. The maximum Gasteiger partial charge on any atom is 0.305 e. The third-order valence-corrected chi connectivity index (χ3v) is 2.93. The first-order valence-electron chi connectivity index (χ1n) is 5.23. The van der Waals surface area contributed by atoms with Crippen LogP contribution in [0.2, 0.25) is 0 Å². The van der Waals surface area contributed by atoms with E-state index >= 15 is 0 Å². The Morgan fingerprint density at radius 3 is 2.84 bits per heavy atom. The highest BCUT2D eigenvalue weighted by Gasteiger charge is 2.15. The minimum absolute atomic E-state index is 0.156. The summed E-state index contributed by atoms with van der Waals surface area (Å²) < 4.78 is 18.8. The van der Waals surface area contributed by atoms with Crippen LogP contribution in [0.5, 0.6) is 11.6 Å². The van der Waals surface area contributed by atoms with Gasteiger partial charge in [0, 0.05) is 29.2 Å². The van der Waals surface area contributed by atoms with E-state index in [1.807, 2.05) is 0 Å². The van der Waals surface area contributed by atoms with Crippen LogP contribution in [0.3, 0.4) is 0 Å². The molecule has 0 aliphatic carbocycles. The zero-order valence-corrected chi connectivity index (χ0v) is 11.1. The van der Waals surface area contributed by atoms with Gasteiger partial charge in [0.1, 0.15) is 5.75 Å². The summed E-state index contributed by atoms with van der Waals surface area (Å²) in [5.41, 5.74) is 0.204. The van der Waals surface area contributed by atoms with Crippen molar-refractivity contribution in [2.24, 2.45) is 0 Å². The number of alkyl halides is 1. The van der Waals surface area contributed by atoms with Crippen LogP contribution in [0.4, 0.5) is 10.1 Å². The number of nitro benzene ring substituents is 1. The van der Waals surface area contributed by atoms with E-state index in [2.05, 4.69) is 20.9 Å². The van der Waals surface area contributed by atoms with E-state index in [0.717, 1.165) is 17.7 Å². The van der Waals surface area contributed by atoms with Crippen LogP contribution in [0.15, 0.2) is 36.5 Å². The number of benzene rings is 1. The fourth-order valence-electron chi connectivity index (χ4n) is 1.43. The van der Waals surface area contributed by atoms with Gasteiger partial charge in [-0.3, -0.25) is 10.1 Å². The molecule has 0 aliphatic rings. The van der Waals surface area contributed by atoms with Crippen LogP contribution in [-0.4, -0.2) is 9.91 Å². The Balaban J connectivity index is 2.29. The van der Waals surface area contributed by atoms with Crippen LogP contribution in [-0.2, 0) is 5.33 Å². The van der Waals surface area contributed by atoms with E-state index in [-0.39, 0.29) is 5.75 Å². The van der Waals surface area contributed by atoms with Crippen molar-refractivity contribution in [1.29, 1.82) is 0 Å². The topological polar surface area (TPSA) is 65.3 Å². The number of halogens is 2. The smallest absolute Gasteiger partial charge is 0.305 e. The lowest BCUT2D eigenvalue weighted by atomic mass is 10.3. The van der Waals surface area contributed by atoms with E-state index in [9.17, 15) is 14.5 Å². The second kappa shape index (κ2) is 5.75. The lowest BCUT2D eigenvalue weighted by molar-refractivity contribution is -0.387. The molecule has 5 nitrogen and oxygen atoms in total. The number of nitro groups is 1. The molecule has 7 heteroatoms. The largest absolute Gasteiger partial charge is 0.439 e. The van der Waals surface area contributed by atoms with Crippen molar-refractivity contribution >= 4 is 21.6 Å². The van der Waals surface area contributed by atoms with Gasteiger partial charge in [0.15, 0.2) is 0 Å². The van der Waals surface area contributed by atoms with E-state index in [1.165, 1.54) is 6.07 Å². The van der Waals surface area contributed by atoms with Gasteiger partial charge in [-0.25, -0.2) is 4.98 Å². The average Bonchev–Trinajstić information content (AvgIpc) is 2.39. The van der Waals surface area contributed by atoms with Gasteiger partial charge in [0.05, 0.1) is 4.92 Å². The van der Waals surface area contributed by atoms with Crippen LogP contribution < -0.4 is 4.74 Å². The molecule has 0 atom stereocenters. The summed E-state index contributed by atoms with van der Waals surface area (Å²) in [5.74, 6) is -0.463. The molecule has 98 valence electrons. The van der Waals surface area contributed by atoms with Gasteiger partial charge in [-0.15, -0.1) is 0 Å². The van der Waals surface area contributed by atoms with Gasteiger partial charge in [-0.1, -0.05) is 22.0 Å². The number of ether oxygens (including phenoxy) is 1. The van der Waals surface area contributed by atoms with Crippen LogP contribution in [0.1, 0.15) is 5.56 Å². The van der Waals surface area contributed by atoms with Crippen molar-refractivity contribution in [2.75, 3.05) is 0 Å². The van der Waals surface area contributed by atoms with Crippen LogP contribution in [0.25, 0.3) is 0 Å². The molecule has 0 amide bonds. The molecule has 1 aromatic heterocycles. The Hall–Kier alpha value is -2.02. The van der Waals surface area contributed by atoms with E-state index < -0.39 is 16.4 Å². The SMILES string of the molecule is O=[N+]([O-])c1ccc(Oc2ncccc2CBr)cc1F. The van der Waals surface area contributed by atoms with Gasteiger partial charge in [-0.2, -0.15) is 4.39 Å². The molecule has 1 heterocycles. The lowest BCUT2D eigenvalue weighted by Crippen LogP contribution is -1.95. The molecule has 0 saturated heterocycles. The first-order valence-corrected chi connectivity index (χ1v) is 6.35. The van der Waals surface area contributed by atoms with Crippen molar-refractivity contribution in [3.8, 4) is 11.6 Å². The third-order valence-electron chi connectivity index (χ3n) is 2.32. The molecule has 0 unspecified atom stereocenters. The lowest BCUT2D eigenvalue weighted by Gasteiger charge is -2.07. The fourth-order valence-corrected chi connectivity index (χ4v) is 1.86. The summed E-state index contributed by atoms with van der Waals surface area (Å²) in [7, 11) is 0. The highest BCUT2D eigenvalue weighted by molar-refractivity contribution is 9.08. The number of pyridine rings is 1.